The van der Waals surface area contributed by atoms with Crippen molar-refractivity contribution in [1.29, 1.82) is 5.26 Å². The van der Waals surface area contributed by atoms with E-state index in [1.54, 1.807) is 43.5 Å². The third-order valence-corrected chi connectivity index (χ3v) is 8.42. The third kappa shape index (κ3) is 9.20. The minimum Gasteiger partial charge on any atom is -1.00 e. The predicted molar refractivity (Wildman–Crippen MR) is 172 cm³/mol. The van der Waals surface area contributed by atoms with Crippen molar-refractivity contribution in [2.45, 2.75) is 57.8 Å². The molecule has 0 aliphatic carbocycles. The van der Waals surface area contributed by atoms with Gasteiger partial charge in [-0.1, -0.05) is 37.9 Å². The lowest BCUT2D eigenvalue weighted by Gasteiger charge is -2.33. The molecular weight excluding hydrogens is 659 g/mol. The molecule has 1 radical (unpaired) electrons. The maximum atomic E-state index is 15.2. The summed E-state index contributed by atoms with van der Waals surface area (Å²) in [5.41, 5.74) is -0.362. The van der Waals surface area contributed by atoms with E-state index in [1.165, 1.54) is 22.7 Å². The summed E-state index contributed by atoms with van der Waals surface area (Å²) in [4.78, 5) is 21.3. The maximum Gasteiger partial charge on any atom is 0.408 e. The number of carbonyl (C=O) groups is 1. The maximum absolute atomic E-state index is 15.2. The first-order valence-electron chi connectivity index (χ1n) is 14.3. The van der Waals surface area contributed by atoms with Gasteiger partial charge in [-0.15, -0.1) is 28.8 Å². The van der Waals surface area contributed by atoms with Crippen molar-refractivity contribution in [3.8, 4) is 17.3 Å². The molecule has 4 atom stereocenters. The Morgan fingerprint density at radius 2 is 1.93 bits per heavy atom. The minimum absolute atomic E-state index is 0. The summed E-state index contributed by atoms with van der Waals surface area (Å²) in [6.45, 7) is 8.16. The molecule has 10 nitrogen and oxygen atoms in total. The predicted octanol–water partition coefficient (Wildman–Crippen LogP) is 1.87. The van der Waals surface area contributed by atoms with E-state index in [4.69, 9.17) is 10.00 Å². The third-order valence-electron chi connectivity index (χ3n) is 7.40. The number of likely N-dealkylation sites (N-methyl/N-ethyl adjacent to an activating group) is 1. The van der Waals surface area contributed by atoms with E-state index in [1.807, 2.05) is 13.8 Å². The molecular formula is C31H36Cl2F2N7O3S. The first-order valence-corrected chi connectivity index (χ1v) is 15.2. The van der Waals surface area contributed by atoms with Gasteiger partial charge in [-0.25, -0.2) is 18.6 Å². The van der Waals surface area contributed by atoms with Crippen LogP contribution in [0.2, 0.25) is 0 Å². The molecule has 1 amide bonds. The van der Waals surface area contributed by atoms with E-state index in [9.17, 15) is 14.3 Å². The number of rotatable bonds is 13. The number of carbonyl (C=O) groups excluding carboxylic acids is 1. The first kappa shape index (κ1) is 38.5. The van der Waals surface area contributed by atoms with Gasteiger partial charge in [-0.2, -0.15) is 5.26 Å². The van der Waals surface area contributed by atoms with Gasteiger partial charge in [0.25, 0.3) is 6.34 Å². The molecule has 15 heteroatoms. The highest BCUT2D eigenvalue weighted by Gasteiger charge is 2.46. The summed E-state index contributed by atoms with van der Waals surface area (Å²) in [6.07, 6.45) is 0.727. The van der Waals surface area contributed by atoms with Crippen molar-refractivity contribution in [3.63, 3.8) is 0 Å². The van der Waals surface area contributed by atoms with Crippen molar-refractivity contribution in [2.24, 2.45) is 5.10 Å². The Morgan fingerprint density at radius 1 is 1.22 bits per heavy atom. The van der Waals surface area contributed by atoms with Crippen molar-refractivity contribution in [3.05, 3.63) is 75.6 Å². The SMILES string of the molecule is CCNC(CC)CNC(=O)OC(C)C1=NN(C[C@](O)(c2cc(F)ccc2F)[C@@H](C)c2nc(-c3ccc(C#N)cc3)cs2)C=[N+]1.Cl.[Cl-]. The number of nitrogens with one attached hydrogen (secondary N) is 2. The number of nitriles is 1. The zero-order valence-corrected chi connectivity index (χ0v) is 28.1. The van der Waals surface area contributed by atoms with Crippen LogP contribution in [0, 0.1) is 23.0 Å². The smallest absolute Gasteiger partial charge is 0.408 e. The molecule has 2 aromatic carbocycles. The van der Waals surface area contributed by atoms with Crippen LogP contribution >= 0.6 is 23.7 Å². The average Bonchev–Trinajstić information content (AvgIpc) is 3.70. The summed E-state index contributed by atoms with van der Waals surface area (Å²) < 4.78 is 35.0. The molecule has 2 unspecified atom stereocenters. The number of benzene rings is 2. The summed E-state index contributed by atoms with van der Waals surface area (Å²) in [6, 6.07) is 12.0. The monoisotopic (exact) mass is 694 g/mol. The van der Waals surface area contributed by atoms with Crippen molar-refractivity contribution < 1.29 is 35.8 Å². The Kier molecular flexibility index (Phi) is 14.5. The lowest BCUT2D eigenvalue weighted by atomic mass is 9.81. The van der Waals surface area contributed by atoms with E-state index in [0.29, 0.717) is 22.8 Å². The van der Waals surface area contributed by atoms with Crippen LogP contribution in [0.1, 0.15) is 56.2 Å². The van der Waals surface area contributed by atoms with Gasteiger partial charge in [-0.3, -0.25) is 0 Å². The first-order chi connectivity index (χ1) is 21.1. The normalized spacial score (nSPS) is 15.3. The van der Waals surface area contributed by atoms with Gasteiger partial charge in [0.15, 0.2) is 6.10 Å². The van der Waals surface area contributed by atoms with Gasteiger partial charge in [0.2, 0.25) is 0 Å². The molecule has 1 aliphatic rings. The average molecular weight is 696 g/mol. The quantitative estimate of drug-likeness (QED) is 0.249. The van der Waals surface area contributed by atoms with Gasteiger partial charge < -0.3 is 32.9 Å². The van der Waals surface area contributed by atoms with Crippen LogP contribution in [0.25, 0.3) is 11.3 Å². The van der Waals surface area contributed by atoms with Crippen LogP contribution in [0.15, 0.2) is 52.9 Å². The second-order valence-electron chi connectivity index (χ2n) is 10.4. The number of hydrogen-bond acceptors (Lipinski definition) is 10. The largest absolute Gasteiger partial charge is 1.00 e. The molecule has 247 valence electrons. The molecule has 0 bridgehead atoms. The molecule has 1 aromatic heterocycles. The number of ether oxygens (including phenoxy) is 1. The lowest BCUT2D eigenvalue weighted by Crippen LogP contribution is -3.00. The summed E-state index contributed by atoms with van der Waals surface area (Å²) in [5, 5.41) is 35.2. The molecule has 0 saturated carbocycles. The van der Waals surface area contributed by atoms with E-state index in [-0.39, 0.29) is 48.8 Å². The molecule has 4 rings (SSSR count). The van der Waals surface area contributed by atoms with Gasteiger partial charge >= 0.3 is 11.9 Å². The molecule has 2 heterocycles. The van der Waals surface area contributed by atoms with Crippen LogP contribution in [-0.4, -0.2) is 65.1 Å². The molecule has 3 N–H and O–H groups in total. The zero-order valence-electron chi connectivity index (χ0n) is 25.7. The number of halogens is 4. The highest BCUT2D eigenvalue weighted by atomic mass is 35.5. The molecule has 0 spiro atoms. The Labute approximate surface area is 283 Å². The van der Waals surface area contributed by atoms with E-state index < -0.39 is 35.4 Å². The topological polar surface area (TPSA) is 137 Å². The summed E-state index contributed by atoms with van der Waals surface area (Å²) >= 11 is 1.27. The van der Waals surface area contributed by atoms with E-state index in [2.05, 4.69) is 31.8 Å². The van der Waals surface area contributed by atoms with Crippen LogP contribution in [0.3, 0.4) is 0 Å². The van der Waals surface area contributed by atoms with Gasteiger partial charge in [0, 0.05) is 40.1 Å². The molecule has 3 aromatic rings. The number of aromatic nitrogens is 1. The zero-order chi connectivity index (χ0) is 31.9. The van der Waals surface area contributed by atoms with Crippen LogP contribution < -0.4 is 28.0 Å². The molecule has 1 aliphatic heterocycles. The second-order valence-corrected chi connectivity index (χ2v) is 11.3. The standard InChI is InChI=1S/C31H35F2N7O3S.2ClH/c1-5-24(35-6-2)15-36-30(41)43-20(4)28-37-18-40(39-28)17-31(42,25-13-23(32)11-12-26(25)33)19(3)29-38-27(16-44-29)22-9-7-21(14-34)8-10-22;;/h7-13,16,18-20,24,35,42H,5-6,15,17H2,1-4H3,(H,36,41);2*1H/q+1;;/p-1/t19-,20?,24?,31+;;/m0../s1. The molecule has 0 fully saturated rings. The Morgan fingerprint density at radius 3 is 2.59 bits per heavy atom. The van der Waals surface area contributed by atoms with Crippen molar-refractivity contribution in [1.82, 2.24) is 25.6 Å². The fraction of sp³-hybridized carbons (Fsp3) is 0.387. The number of alkyl carbamates (subject to hydrolysis) is 1. The lowest BCUT2D eigenvalue weighted by molar-refractivity contribution is -0.00831. The van der Waals surface area contributed by atoms with Crippen molar-refractivity contribution in [2.75, 3.05) is 19.6 Å². The highest BCUT2D eigenvalue weighted by molar-refractivity contribution is 7.10. The van der Waals surface area contributed by atoms with Crippen LogP contribution in [-0.2, 0) is 10.3 Å². The number of thiazole rings is 1. The van der Waals surface area contributed by atoms with Crippen molar-refractivity contribution >= 4 is 42.0 Å². The van der Waals surface area contributed by atoms with E-state index >= 15 is 4.39 Å². The number of amides is 1. The van der Waals surface area contributed by atoms with E-state index in [0.717, 1.165) is 36.7 Å². The molecule has 46 heavy (non-hydrogen) atoms. The minimum atomic E-state index is -2.00. The Bertz CT molecular complexity index is 1570. The Hall–Kier alpha value is -3.67. The summed E-state index contributed by atoms with van der Waals surface area (Å²) in [7, 11) is 0. The number of β-amino-alcohol motifs (C(OH)–C–C–N with tert-alkyl or cyclic N) is 1. The highest BCUT2D eigenvalue weighted by Crippen LogP contribution is 2.41. The second kappa shape index (κ2) is 17.3. The number of hydrogen-bond donors (Lipinski definition) is 3. The van der Waals surface area contributed by atoms with Crippen LogP contribution in [0.5, 0.6) is 0 Å². The summed E-state index contributed by atoms with van der Waals surface area (Å²) in [5.74, 6) is -2.14. The Balaban J connectivity index is 0.00000368. The fourth-order valence-corrected chi connectivity index (χ4v) is 5.72. The molecule has 0 saturated heterocycles. The number of nitrogens with zero attached hydrogens (tertiary/aromatic N) is 5. The number of amidine groups is 1. The number of aliphatic imine (C=N–C) groups is 1. The van der Waals surface area contributed by atoms with Gasteiger partial charge in [0.1, 0.15) is 23.8 Å². The van der Waals surface area contributed by atoms with Gasteiger partial charge in [0.05, 0.1) is 22.3 Å². The number of aliphatic hydroxyl groups is 1. The van der Waals surface area contributed by atoms with Crippen LogP contribution in [0.4, 0.5) is 13.6 Å². The fourth-order valence-electron chi connectivity index (χ4n) is 4.75. The van der Waals surface area contributed by atoms with Gasteiger partial charge in [-0.05, 0) is 50.2 Å². The number of hydrazone groups is 1.